The minimum absolute atomic E-state index is 0.277. The van der Waals surface area contributed by atoms with Crippen LogP contribution in [0.4, 0.5) is 5.69 Å². The van der Waals surface area contributed by atoms with E-state index in [4.69, 9.17) is 0 Å². The van der Waals surface area contributed by atoms with Crippen LogP contribution in [0, 0.1) is 0 Å². The van der Waals surface area contributed by atoms with Crippen molar-refractivity contribution in [2.75, 3.05) is 31.7 Å². The molecule has 0 bridgehead atoms. The van der Waals surface area contributed by atoms with Crippen molar-refractivity contribution < 1.29 is 8.42 Å². The van der Waals surface area contributed by atoms with Crippen molar-refractivity contribution in [3.05, 3.63) is 23.8 Å². The van der Waals surface area contributed by atoms with Crippen molar-refractivity contribution in [2.45, 2.75) is 24.7 Å². The third kappa shape index (κ3) is 4.21. The molecule has 0 fully saturated rings. The van der Waals surface area contributed by atoms with Crippen molar-refractivity contribution in [1.29, 1.82) is 0 Å². The predicted molar refractivity (Wildman–Crippen MR) is 89.7 cm³/mol. The van der Waals surface area contributed by atoms with Gasteiger partial charge in [0, 0.05) is 5.75 Å². The average Bonchev–Trinajstić information content (AvgIpc) is 2.42. The maximum absolute atomic E-state index is 12.2. The Morgan fingerprint density at radius 1 is 1.33 bits per heavy atom. The Kier molecular flexibility index (Phi) is 5.29. The van der Waals surface area contributed by atoms with Gasteiger partial charge >= 0.3 is 0 Å². The Hall–Kier alpha value is -1.05. The van der Waals surface area contributed by atoms with Crippen LogP contribution in [-0.2, 0) is 16.4 Å². The Labute approximate surface area is 130 Å². The molecule has 1 aromatic rings. The number of nitrogens with zero attached hydrogens (tertiary/aromatic N) is 2. The van der Waals surface area contributed by atoms with E-state index in [0.29, 0.717) is 10.9 Å². The number of fused-ring (bicyclic) bond motifs is 1. The highest BCUT2D eigenvalue weighted by molar-refractivity contribution is 8.14. The standard InChI is InChI=1S/C14H21N3O2S2/c1-4-11-6-7-12-13(10-11)21(18,19)16-14(15-12)20-9-5-8-17(2)3/h6-7,10H,4-5,8-9H2,1-3H3,(H,15,16). The summed E-state index contributed by atoms with van der Waals surface area (Å²) in [6, 6.07) is 5.47. The van der Waals surface area contributed by atoms with E-state index >= 15 is 0 Å². The van der Waals surface area contributed by atoms with Crippen LogP contribution in [0.15, 0.2) is 27.5 Å². The SMILES string of the molecule is CCc1ccc2c(c1)S(=O)(=O)N=C(SCCCN(C)C)N2. The van der Waals surface area contributed by atoms with Gasteiger partial charge in [0.25, 0.3) is 10.0 Å². The topological polar surface area (TPSA) is 61.8 Å². The summed E-state index contributed by atoms with van der Waals surface area (Å²) in [5.41, 5.74) is 1.62. The van der Waals surface area contributed by atoms with E-state index in [9.17, 15) is 8.42 Å². The maximum atomic E-state index is 12.2. The lowest BCUT2D eigenvalue weighted by Gasteiger charge is -2.18. The van der Waals surface area contributed by atoms with Gasteiger partial charge in [-0.3, -0.25) is 0 Å². The van der Waals surface area contributed by atoms with Crippen LogP contribution < -0.4 is 5.32 Å². The normalized spacial score (nSPS) is 16.3. The van der Waals surface area contributed by atoms with E-state index in [2.05, 4.69) is 14.6 Å². The first-order valence-corrected chi connectivity index (χ1v) is 9.37. The molecule has 7 heteroatoms. The van der Waals surface area contributed by atoms with Crippen molar-refractivity contribution in [2.24, 2.45) is 4.40 Å². The number of hydrogen-bond acceptors (Lipinski definition) is 5. The predicted octanol–water partition coefficient (Wildman–Crippen LogP) is 2.40. The summed E-state index contributed by atoms with van der Waals surface area (Å²) in [6.07, 6.45) is 1.79. The Morgan fingerprint density at radius 2 is 2.10 bits per heavy atom. The van der Waals surface area contributed by atoms with E-state index in [0.717, 1.165) is 30.7 Å². The van der Waals surface area contributed by atoms with Gasteiger partial charge in [0.1, 0.15) is 4.90 Å². The first-order valence-electron chi connectivity index (χ1n) is 6.95. The number of sulfonamides is 1. The molecule has 1 aliphatic heterocycles. The Morgan fingerprint density at radius 3 is 2.76 bits per heavy atom. The summed E-state index contributed by atoms with van der Waals surface area (Å²) in [6.45, 7) is 2.98. The van der Waals surface area contributed by atoms with Gasteiger partial charge in [0.05, 0.1) is 5.69 Å². The molecule has 1 aromatic carbocycles. The molecule has 0 radical (unpaired) electrons. The minimum atomic E-state index is -3.58. The van der Waals surface area contributed by atoms with Gasteiger partial charge in [-0.05, 0) is 51.2 Å². The molecule has 0 aliphatic carbocycles. The third-order valence-electron chi connectivity index (χ3n) is 3.17. The molecule has 0 aromatic heterocycles. The summed E-state index contributed by atoms with van der Waals surface area (Å²) in [7, 11) is 0.459. The van der Waals surface area contributed by atoms with E-state index < -0.39 is 10.0 Å². The van der Waals surface area contributed by atoms with Gasteiger partial charge < -0.3 is 10.2 Å². The number of benzene rings is 1. The minimum Gasteiger partial charge on any atom is -0.333 e. The first kappa shape index (κ1) is 16.3. The lowest BCUT2D eigenvalue weighted by molar-refractivity contribution is 0.410. The fraction of sp³-hybridized carbons (Fsp3) is 0.500. The number of thioether (sulfide) groups is 1. The second kappa shape index (κ2) is 6.81. The molecule has 0 spiro atoms. The molecule has 1 N–H and O–H groups in total. The second-order valence-corrected chi connectivity index (χ2v) is 7.84. The quantitative estimate of drug-likeness (QED) is 0.842. The molecule has 1 aliphatic rings. The van der Waals surface area contributed by atoms with Crippen molar-refractivity contribution >= 4 is 32.6 Å². The van der Waals surface area contributed by atoms with Crippen LogP contribution in [0.2, 0.25) is 0 Å². The maximum Gasteiger partial charge on any atom is 0.286 e. The number of nitrogens with one attached hydrogen (secondary N) is 1. The molecule has 1 heterocycles. The molecule has 116 valence electrons. The third-order valence-corrected chi connectivity index (χ3v) is 5.56. The molecule has 0 atom stereocenters. The number of hydrogen-bond donors (Lipinski definition) is 1. The van der Waals surface area contributed by atoms with Gasteiger partial charge in [-0.25, -0.2) is 0 Å². The molecule has 2 rings (SSSR count). The van der Waals surface area contributed by atoms with Crippen molar-refractivity contribution in [1.82, 2.24) is 4.90 Å². The van der Waals surface area contributed by atoms with Crippen LogP contribution >= 0.6 is 11.8 Å². The first-order chi connectivity index (χ1) is 9.92. The fourth-order valence-corrected chi connectivity index (χ4v) is 4.23. The van der Waals surface area contributed by atoms with Gasteiger partial charge in [-0.15, -0.1) is 4.40 Å². The van der Waals surface area contributed by atoms with Crippen LogP contribution in [0.1, 0.15) is 18.9 Å². The van der Waals surface area contributed by atoms with E-state index in [1.165, 1.54) is 11.8 Å². The highest BCUT2D eigenvalue weighted by Gasteiger charge is 2.25. The summed E-state index contributed by atoms with van der Waals surface area (Å²) in [4.78, 5) is 2.38. The zero-order valence-electron chi connectivity index (χ0n) is 12.6. The summed E-state index contributed by atoms with van der Waals surface area (Å²) >= 11 is 1.45. The number of amidine groups is 1. The molecule has 0 saturated heterocycles. The molecule has 21 heavy (non-hydrogen) atoms. The highest BCUT2D eigenvalue weighted by Crippen LogP contribution is 2.30. The molecular weight excluding hydrogens is 306 g/mol. The second-order valence-electron chi connectivity index (χ2n) is 5.19. The zero-order valence-corrected chi connectivity index (χ0v) is 14.2. The fourth-order valence-electron chi connectivity index (χ4n) is 2.01. The number of aryl methyl sites for hydroxylation is 1. The van der Waals surface area contributed by atoms with Gasteiger partial charge in [0.2, 0.25) is 0 Å². The van der Waals surface area contributed by atoms with Gasteiger partial charge in [-0.1, -0.05) is 24.8 Å². The monoisotopic (exact) mass is 327 g/mol. The van der Waals surface area contributed by atoms with Gasteiger partial charge in [-0.2, -0.15) is 8.42 Å². The summed E-state index contributed by atoms with van der Waals surface area (Å²) in [5, 5.41) is 3.58. The van der Waals surface area contributed by atoms with Crippen LogP contribution in [-0.4, -0.2) is 44.9 Å². The lowest BCUT2D eigenvalue weighted by atomic mass is 10.1. The summed E-state index contributed by atoms with van der Waals surface area (Å²) in [5.74, 6) is 0.835. The smallest absolute Gasteiger partial charge is 0.286 e. The lowest BCUT2D eigenvalue weighted by Crippen LogP contribution is -2.20. The van der Waals surface area contributed by atoms with E-state index in [-0.39, 0.29) is 4.90 Å². The molecule has 0 amide bonds. The molecule has 5 nitrogen and oxygen atoms in total. The van der Waals surface area contributed by atoms with E-state index in [1.807, 2.05) is 33.2 Å². The molecule has 0 saturated carbocycles. The Balaban J connectivity index is 2.10. The van der Waals surface area contributed by atoms with Crippen LogP contribution in [0.25, 0.3) is 0 Å². The number of rotatable bonds is 5. The van der Waals surface area contributed by atoms with E-state index in [1.54, 1.807) is 6.07 Å². The largest absolute Gasteiger partial charge is 0.333 e. The van der Waals surface area contributed by atoms with Crippen molar-refractivity contribution in [3.8, 4) is 0 Å². The summed E-state index contributed by atoms with van der Waals surface area (Å²) < 4.78 is 28.4. The molecular formula is C14H21N3O2S2. The Bertz CT molecular complexity index is 640. The van der Waals surface area contributed by atoms with Crippen LogP contribution in [0.3, 0.4) is 0 Å². The zero-order chi connectivity index (χ0) is 15.5. The van der Waals surface area contributed by atoms with Crippen molar-refractivity contribution in [3.63, 3.8) is 0 Å². The van der Waals surface area contributed by atoms with Gasteiger partial charge in [0.15, 0.2) is 5.17 Å². The average molecular weight is 327 g/mol. The highest BCUT2D eigenvalue weighted by atomic mass is 32.2. The molecule has 0 unspecified atom stereocenters. The number of anilines is 1. The van der Waals surface area contributed by atoms with Crippen LogP contribution in [0.5, 0.6) is 0 Å².